The Morgan fingerprint density at radius 1 is 1.28 bits per heavy atom. The fourth-order valence-corrected chi connectivity index (χ4v) is 3.36. The van der Waals surface area contributed by atoms with Gasteiger partial charge in [0.25, 0.3) is 0 Å². The summed E-state index contributed by atoms with van der Waals surface area (Å²) in [5.74, 6) is 0.362. The lowest BCUT2D eigenvalue weighted by Crippen LogP contribution is -2.07. The third-order valence-electron chi connectivity index (χ3n) is 3.52. The van der Waals surface area contributed by atoms with Gasteiger partial charge in [-0.1, -0.05) is 37.6 Å². The highest BCUT2D eigenvalue weighted by molar-refractivity contribution is 9.10. The van der Waals surface area contributed by atoms with Crippen LogP contribution in [0.4, 0.5) is 5.13 Å². The Labute approximate surface area is 158 Å². The quantitative estimate of drug-likeness (QED) is 0.518. The van der Waals surface area contributed by atoms with Crippen LogP contribution in [-0.2, 0) is 11.2 Å². The van der Waals surface area contributed by atoms with Gasteiger partial charge in [-0.3, -0.25) is 10.1 Å². The van der Waals surface area contributed by atoms with Crippen molar-refractivity contribution >= 4 is 44.4 Å². The molecule has 1 aromatic carbocycles. The molecule has 3 aromatic rings. The van der Waals surface area contributed by atoms with E-state index in [1.54, 1.807) is 18.2 Å². The number of furan rings is 1. The number of hydrogen-bond donors (Lipinski definition) is 1. The SMILES string of the molecule is CCCc1ccc(-c2csc(NC(=O)/C=C/c3ccc(Br)o3)n2)cc1. The number of aromatic nitrogens is 1. The minimum atomic E-state index is -0.244. The van der Waals surface area contributed by atoms with E-state index in [-0.39, 0.29) is 5.91 Å². The largest absolute Gasteiger partial charge is 0.450 e. The molecule has 0 aliphatic carbocycles. The average Bonchev–Trinajstić information content (AvgIpc) is 3.23. The molecule has 0 aliphatic heterocycles. The van der Waals surface area contributed by atoms with Crippen molar-refractivity contribution in [3.63, 3.8) is 0 Å². The Balaban J connectivity index is 1.62. The molecule has 0 bridgehead atoms. The zero-order chi connectivity index (χ0) is 17.6. The lowest BCUT2D eigenvalue weighted by atomic mass is 10.1. The van der Waals surface area contributed by atoms with E-state index in [9.17, 15) is 4.79 Å². The molecular formula is C19H17BrN2O2S. The van der Waals surface area contributed by atoms with Crippen LogP contribution in [0.1, 0.15) is 24.7 Å². The summed E-state index contributed by atoms with van der Waals surface area (Å²) in [6.45, 7) is 2.17. The molecule has 0 atom stereocenters. The van der Waals surface area contributed by atoms with E-state index in [1.807, 2.05) is 5.38 Å². The first-order valence-corrected chi connectivity index (χ1v) is 9.60. The zero-order valence-corrected chi connectivity index (χ0v) is 16.1. The van der Waals surface area contributed by atoms with Crippen LogP contribution in [-0.4, -0.2) is 10.9 Å². The van der Waals surface area contributed by atoms with Crippen molar-refractivity contribution in [2.75, 3.05) is 5.32 Å². The van der Waals surface area contributed by atoms with Gasteiger partial charge in [0.05, 0.1) is 5.69 Å². The summed E-state index contributed by atoms with van der Waals surface area (Å²) in [6, 6.07) is 11.9. The molecule has 2 heterocycles. The molecule has 3 rings (SSSR count). The van der Waals surface area contributed by atoms with E-state index in [4.69, 9.17) is 4.42 Å². The third kappa shape index (κ3) is 4.90. The fraction of sp³-hybridized carbons (Fsp3) is 0.158. The summed E-state index contributed by atoms with van der Waals surface area (Å²) >= 11 is 4.63. The number of rotatable bonds is 6. The number of amides is 1. The molecule has 0 aliphatic rings. The number of carbonyl (C=O) groups is 1. The predicted molar refractivity (Wildman–Crippen MR) is 106 cm³/mol. The maximum atomic E-state index is 12.0. The Morgan fingerprint density at radius 3 is 2.76 bits per heavy atom. The van der Waals surface area contributed by atoms with Crippen LogP contribution < -0.4 is 5.32 Å². The minimum Gasteiger partial charge on any atom is -0.450 e. The minimum absolute atomic E-state index is 0.244. The molecule has 0 unspecified atom stereocenters. The van der Waals surface area contributed by atoms with Gasteiger partial charge in [0.1, 0.15) is 5.76 Å². The highest BCUT2D eigenvalue weighted by atomic mass is 79.9. The average molecular weight is 417 g/mol. The van der Waals surface area contributed by atoms with Gasteiger partial charge in [-0.25, -0.2) is 4.98 Å². The molecule has 4 nitrogen and oxygen atoms in total. The second kappa shape index (κ2) is 8.27. The van der Waals surface area contributed by atoms with Crippen LogP contribution in [0.2, 0.25) is 0 Å². The number of hydrogen-bond acceptors (Lipinski definition) is 4. The zero-order valence-electron chi connectivity index (χ0n) is 13.7. The number of halogens is 1. The normalized spacial score (nSPS) is 11.1. The summed E-state index contributed by atoms with van der Waals surface area (Å²) in [5, 5.41) is 5.28. The Kier molecular flexibility index (Phi) is 5.83. The molecule has 0 saturated heterocycles. The summed E-state index contributed by atoms with van der Waals surface area (Å²) in [7, 11) is 0. The van der Waals surface area contributed by atoms with Gasteiger partial charge in [0.15, 0.2) is 9.80 Å². The van der Waals surface area contributed by atoms with Crippen molar-refractivity contribution in [1.82, 2.24) is 4.98 Å². The summed E-state index contributed by atoms with van der Waals surface area (Å²) in [4.78, 5) is 16.4. The van der Waals surface area contributed by atoms with E-state index in [2.05, 4.69) is 57.4 Å². The topological polar surface area (TPSA) is 55.1 Å². The van der Waals surface area contributed by atoms with E-state index in [0.717, 1.165) is 24.1 Å². The molecule has 1 amide bonds. The number of carbonyl (C=O) groups excluding carboxylic acids is 1. The van der Waals surface area contributed by atoms with Crippen LogP contribution in [0, 0.1) is 0 Å². The number of benzene rings is 1. The number of thiazole rings is 1. The van der Waals surface area contributed by atoms with Crippen molar-refractivity contribution in [1.29, 1.82) is 0 Å². The van der Waals surface area contributed by atoms with Crippen LogP contribution in [0.25, 0.3) is 17.3 Å². The first-order valence-electron chi connectivity index (χ1n) is 7.93. The van der Waals surface area contributed by atoms with Gasteiger partial charge in [0, 0.05) is 17.0 Å². The second-order valence-electron chi connectivity index (χ2n) is 5.45. The standard InChI is InChI=1S/C19H17BrN2O2S/c1-2-3-13-4-6-14(7-5-13)16-12-25-19(21-16)22-18(23)11-9-15-8-10-17(20)24-15/h4-12H,2-3H2,1H3,(H,21,22,23)/b11-9+. The summed E-state index contributed by atoms with van der Waals surface area (Å²) < 4.78 is 5.94. The van der Waals surface area contributed by atoms with E-state index in [0.29, 0.717) is 15.6 Å². The lowest BCUT2D eigenvalue weighted by molar-refractivity contribution is -0.111. The lowest BCUT2D eigenvalue weighted by Gasteiger charge is -2.00. The molecular weight excluding hydrogens is 400 g/mol. The van der Waals surface area contributed by atoms with Gasteiger partial charge in [-0.15, -0.1) is 11.3 Å². The molecule has 128 valence electrons. The Bertz CT molecular complexity index is 881. The molecule has 6 heteroatoms. The fourth-order valence-electron chi connectivity index (χ4n) is 2.32. The number of anilines is 1. The second-order valence-corrected chi connectivity index (χ2v) is 7.09. The number of aryl methyl sites for hydroxylation is 1. The predicted octanol–water partition coefficient (Wildman–Crippen LogP) is 5.77. The van der Waals surface area contributed by atoms with Crippen LogP contribution in [0.15, 0.2) is 56.9 Å². The van der Waals surface area contributed by atoms with Gasteiger partial charge < -0.3 is 4.42 Å². The molecule has 0 spiro atoms. The summed E-state index contributed by atoms with van der Waals surface area (Å²) in [6.07, 6.45) is 5.25. The van der Waals surface area contributed by atoms with Gasteiger partial charge >= 0.3 is 0 Å². The van der Waals surface area contributed by atoms with Crippen molar-refractivity contribution in [3.8, 4) is 11.3 Å². The third-order valence-corrected chi connectivity index (χ3v) is 4.70. The first-order chi connectivity index (χ1) is 12.1. The van der Waals surface area contributed by atoms with Crippen LogP contribution >= 0.6 is 27.3 Å². The number of nitrogens with zero attached hydrogens (tertiary/aromatic N) is 1. The van der Waals surface area contributed by atoms with E-state index >= 15 is 0 Å². The maximum Gasteiger partial charge on any atom is 0.250 e. The van der Waals surface area contributed by atoms with Crippen molar-refractivity contribution in [3.05, 3.63) is 63.8 Å². The Hall–Kier alpha value is -2.18. The molecule has 0 saturated carbocycles. The summed E-state index contributed by atoms with van der Waals surface area (Å²) in [5.41, 5.74) is 3.24. The first kappa shape index (κ1) is 17.6. The Morgan fingerprint density at radius 2 is 2.08 bits per heavy atom. The van der Waals surface area contributed by atoms with Crippen LogP contribution in [0.5, 0.6) is 0 Å². The molecule has 2 aromatic heterocycles. The van der Waals surface area contributed by atoms with Gasteiger partial charge in [-0.2, -0.15) is 0 Å². The van der Waals surface area contributed by atoms with Crippen LogP contribution in [0.3, 0.4) is 0 Å². The maximum absolute atomic E-state index is 12.0. The van der Waals surface area contributed by atoms with Gasteiger partial charge in [0.2, 0.25) is 5.91 Å². The van der Waals surface area contributed by atoms with Gasteiger partial charge in [-0.05, 0) is 46.1 Å². The van der Waals surface area contributed by atoms with Crippen molar-refractivity contribution in [2.24, 2.45) is 0 Å². The molecule has 25 heavy (non-hydrogen) atoms. The van der Waals surface area contributed by atoms with Crippen molar-refractivity contribution in [2.45, 2.75) is 19.8 Å². The highest BCUT2D eigenvalue weighted by Gasteiger charge is 2.07. The molecule has 0 fully saturated rings. The van der Waals surface area contributed by atoms with E-state index < -0.39 is 0 Å². The smallest absolute Gasteiger partial charge is 0.250 e. The number of nitrogens with one attached hydrogen (secondary N) is 1. The van der Waals surface area contributed by atoms with E-state index in [1.165, 1.54) is 23.0 Å². The molecule has 0 radical (unpaired) electrons. The molecule has 1 N–H and O–H groups in total. The van der Waals surface area contributed by atoms with Crippen molar-refractivity contribution < 1.29 is 9.21 Å². The highest BCUT2D eigenvalue weighted by Crippen LogP contribution is 2.25. The monoisotopic (exact) mass is 416 g/mol.